The molecular weight excluding hydrogens is 452 g/mol. The lowest BCUT2D eigenvalue weighted by Crippen LogP contribution is -2.34. The molecule has 1 aliphatic heterocycles. The first kappa shape index (κ1) is 22.3. The molecule has 1 aliphatic rings. The molecule has 4 aromatic heterocycles. The number of rotatable bonds is 10. The maximum Gasteiger partial charge on any atom is 0.263 e. The first-order chi connectivity index (χ1) is 16.3. The normalized spacial score (nSPS) is 16.1. The van der Waals surface area contributed by atoms with Crippen molar-refractivity contribution in [3.63, 3.8) is 0 Å². The second-order valence-electron chi connectivity index (χ2n) is 8.29. The van der Waals surface area contributed by atoms with Crippen molar-refractivity contribution in [1.82, 2.24) is 19.8 Å². The molecular formula is C25H28N4O2S2. The highest BCUT2D eigenvalue weighted by Gasteiger charge is 2.21. The number of fused-ring (bicyclic) bond motifs is 1. The summed E-state index contributed by atoms with van der Waals surface area (Å²) >= 11 is 3.24. The summed E-state index contributed by atoms with van der Waals surface area (Å²) in [6, 6.07) is 12.2. The van der Waals surface area contributed by atoms with Crippen molar-refractivity contribution in [2.24, 2.45) is 0 Å². The summed E-state index contributed by atoms with van der Waals surface area (Å²) in [4.78, 5) is 23.0. The Bertz CT molecular complexity index is 1160. The number of pyridine rings is 1. The molecule has 1 amide bonds. The van der Waals surface area contributed by atoms with Gasteiger partial charge < -0.3 is 14.6 Å². The Hall–Kier alpha value is -2.52. The van der Waals surface area contributed by atoms with Crippen LogP contribution in [0.15, 0.2) is 60.4 Å². The lowest BCUT2D eigenvalue weighted by atomic mass is 10.2. The monoisotopic (exact) mass is 480 g/mol. The van der Waals surface area contributed by atoms with E-state index in [0.29, 0.717) is 17.5 Å². The van der Waals surface area contributed by atoms with Gasteiger partial charge in [-0.05, 0) is 55.0 Å². The summed E-state index contributed by atoms with van der Waals surface area (Å²) in [6.45, 7) is 4.33. The smallest absolute Gasteiger partial charge is 0.263 e. The predicted octanol–water partition coefficient (Wildman–Crippen LogP) is 4.95. The Labute approximate surface area is 201 Å². The number of thiophene rings is 2. The summed E-state index contributed by atoms with van der Waals surface area (Å²) in [6.07, 6.45) is 9.23. The standard InChI is InChI=1S/C25H28N4O2S2/c30-24(23-22(29-13-1-2-14-29)21-9-3-10-27-25(21)33-23)26-11-6-12-28(17-19-7-4-15-31-19)18-20-8-5-16-32-20/h1-3,5,8-10,13-14,16,19H,4,6-7,11-12,15,17-18H2,(H,26,30). The topological polar surface area (TPSA) is 59.4 Å². The van der Waals surface area contributed by atoms with Gasteiger partial charge in [-0.3, -0.25) is 9.69 Å². The summed E-state index contributed by atoms with van der Waals surface area (Å²) in [5.41, 5.74) is 0.906. The van der Waals surface area contributed by atoms with Gasteiger partial charge in [0.2, 0.25) is 0 Å². The van der Waals surface area contributed by atoms with Crippen molar-refractivity contribution in [3.8, 4) is 5.69 Å². The van der Waals surface area contributed by atoms with Gasteiger partial charge in [-0.25, -0.2) is 4.98 Å². The highest BCUT2D eigenvalue weighted by atomic mass is 32.1. The first-order valence-electron chi connectivity index (χ1n) is 11.4. The Morgan fingerprint density at radius 3 is 2.94 bits per heavy atom. The largest absolute Gasteiger partial charge is 0.377 e. The molecule has 0 aliphatic carbocycles. The zero-order valence-corrected chi connectivity index (χ0v) is 20.1. The SMILES string of the molecule is O=C(NCCCN(Cc1cccs1)CC1CCCO1)c1sc2ncccc2c1-n1cccc1. The van der Waals surface area contributed by atoms with Crippen molar-refractivity contribution < 1.29 is 9.53 Å². The van der Waals surface area contributed by atoms with Gasteiger partial charge in [0.05, 0.1) is 11.8 Å². The maximum absolute atomic E-state index is 13.1. The van der Waals surface area contributed by atoms with Gasteiger partial charge in [-0.1, -0.05) is 6.07 Å². The van der Waals surface area contributed by atoms with E-state index in [9.17, 15) is 4.79 Å². The number of ether oxygens (including phenoxy) is 1. The number of aromatic nitrogens is 2. The van der Waals surface area contributed by atoms with Crippen molar-refractivity contribution in [2.75, 3.05) is 26.2 Å². The van der Waals surface area contributed by atoms with E-state index in [1.807, 2.05) is 41.2 Å². The number of hydrogen-bond acceptors (Lipinski definition) is 6. The minimum Gasteiger partial charge on any atom is -0.377 e. The fourth-order valence-corrected chi connectivity index (χ4v) is 6.14. The summed E-state index contributed by atoms with van der Waals surface area (Å²) in [7, 11) is 0. The van der Waals surface area contributed by atoms with E-state index in [0.717, 1.165) is 61.4 Å². The Morgan fingerprint density at radius 1 is 1.24 bits per heavy atom. The van der Waals surface area contributed by atoms with Crippen LogP contribution in [0.25, 0.3) is 15.9 Å². The molecule has 0 saturated carbocycles. The molecule has 0 radical (unpaired) electrons. The molecule has 1 N–H and O–H groups in total. The molecule has 1 saturated heterocycles. The van der Waals surface area contributed by atoms with Crippen LogP contribution in [-0.4, -0.2) is 52.7 Å². The minimum absolute atomic E-state index is 0.0365. The third-order valence-corrected chi connectivity index (χ3v) is 7.85. The first-order valence-corrected chi connectivity index (χ1v) is 13.1. The quantitative estimate of drug-likeness (QED) is 0.326. The second kappa shape index (κ2) is 10.6. The van der Waals surface area contributed by atoms with Crippen LogP contribution in [0.4, 0.5) is 0 Å². The molecule has 1 atom stereocenters. The molecule has 33 heavy (non-hydrogen) atoms. The average Bonchev–Trinajstić information content (AvgIpc) is 3.63. The van der Waals surface area contributed by atoms with Crippen LogP contribution >= 0.6 is 22.7 Å². The zero-order valence-electron chi connectivity index (χ0n) is 18.5. The molecule has 1 fully saturated rings. The molecule has 4 aromatic rings. The molecule has 5 heterocycles. The Kier molecular flexibility index (Phi) is 7.16. The molecule has 0 spiro atoms. The van der Waals surface area contributed by atoms with Crippen molar-refractivity contribution >= 4 is 38.8 Å². The van der Waals surface area contributed by atoms with Gasteiger partial charge in [-0.2, -0.15) is 0 Å². The lowest BCUT2D eigenvalue weighted by molar-refractivity contribution is 0.0702. The van der Waals surface area contributed by atoms with E-state index >= 15 is 0 Å². The van der Waals surface area contributed by atoms with E-state index in [2.05, 4.69) is 32.7 Å². The molecule has 0 aromatic carbocycles. The summed E-state index contributed by atoms with van der Waals surface area (Å²) in [5, 5.41) is 6.27. The second-order valence-corrected chi connectivity index (χ2v) is 10.3. The van der Waals surface area contributed by atoms with Crippen molar-refractivity contribution in [2.45, 2.75) is 31.9 Å². The van der Waals surface area contributed by atoms with E-state index < -0.39 is 0 Å². The molecule has 8 heteroatoms. The van der Waals surface area contributed by atoms with Crippen LogP contribution in [0, 0.1) is 0 Å². The molecule has 172 valence electrons. The van der Waals surface area contributed by atoms with Crippen LogP contribution < -0.4 is 5.32 Å². The predicted molar refractivity (Wildman–Crippen MR) is 134 cm³/mol. The van der Waals surface area contributed by atoms with Crippen molar-refractivity contribution in [1.29, 1.82) is 0 Å². The van der Waals surface area contributed by atoms with Gasteiger partial charge in [0.1, 0.15) is 9.71 Å². The summed E-state index contributed by atoms with van der Waals surface area (Å²) in [5.74, 6) is -0.0365. The zero-order chi connectivity index (χ0) is 22.5. The number of nitrogens with one attached hydrogen (secondary N) is 1. The van der Waals surface area contributed by atoms with E-state index in [-0.39, 0.29) is 5.91 Å². The van der Waals surface area contributed by atoms with Crippen LogP contribution in [0.2, 0.25) is 0 Å². The average molecular weight is 481 g/mol. The lowest BCUT2D eigenvalue weighted by Gasteiger charge is -2.24. The molecule has 0 bridgehead atoms. The number of carbonyl (C=O) groups excluding carboxylic acids is 1. The minimum atomic E-state index is -0.0365. The van der Waals surface area contributed by atoms with Crippen LogP contribution in [-0.2, 0) is 11.3 Å². The fourth-order valence-electron chi connectivity index (χ4n) is 4.33. The number of amides is 1. The maximum atomic E-state index is 13.1. The van der Waals surface area contributed by atoms with Gasteiger partial charge in [0.15, 0.2) is 0 Å². The van der Waals surface area contributed by atoms with Crippen LogP contribution in [0.5, 0.6) is 0 Å². The Balaban J connectivity index is 1.22. The number of nitrogens with zero attached hydrogens (tertiary/aromatic N) is 3. The fraction of sp³-hybridized carbons (Fsp3) is 0.360. The van der Waals surface area contributed by atoms with Crippen LogP contribution in [0.3, 0.4) is 0 Å². The molecule has 1 unspecified atom stereocenters. The third kappa shape index (κ3) is 5.35. The van der Waals surface area contributed by atoms with E-state index in [4.69, 9.17) is 4.74 Å². The van der Waals surface area contributed by atoms with E-state index in [1.54, 1.807) is 17.5 Å². The van der Waals surface area contributed by atoms with Gasteiger partial charge in [0, 0.05) is 61.6 Å². The number of carbonyl (C=O) groups is 1. The van der Waals surface area contributed by atoms with Gasteiger partial charge >= 0.3 is 0 Å². The third-order valence-electron chi connectivity index (χ3n) is 5.89. The van der Waals surface area contributed by atoms with Gasteiger partial charge in [-0.15, -0.1) is 22.7 Å². The Morgan fingerprint density at radius 2 is 2.15 bits per heavy atom. The van der Waals surface area contributed by atoms with Gasteiger partial charge in [0.25, 0.3) is 5.91 Å². The highest BCUT2D eigenvalue weighted by molar-refractivity contribution is 7.21. The van der Waals surface area contributed by atoms with Crippen molar-refractivity contribution in [3.05, 3.63) is 70.1 Å². The molecule has 5 rings (SSSR count). The number of hydrogen-bond donors (Lipinski definition) is 1. The highest BCUT2D eigenvalue weighted by Crippen LogP contribution is 2.33. The van der Waals surface area contributed by atoms with Crippen LogP contribution in [0.1, 0.15) is 33.8 Å². The summed E-state index contributed by atoms with van der Waals surface area (Å²) < 4.78 is 7.87. The molecule has 6 nitrogen and oxygen atoms in total. The van der Waals surface area contributed by atoms with E-state index in [1.165, 1.54) is 16.2 Å².